The molecule has 3 heteroatoms. The average Bonchev–Trinajstić information content (AvgIpc) is 3.18. The first-order chi connectivity index (χ1) is 8.28. The first-order valence-corrected chi connectivity index (χ1v) is 7.28. The van der Waals surface area contributed by atoms with Crippen molar-refractivity contribution in [3.05, 3.63) is 0 Å². The molecule has 2 aliphatic carbocycles. The molecule has 2 aliphatic rings. The molecule has 2 fully saturated rings. The molecule has 2 N–H and O–H groups in total. The van der Waals surface area contributed by atoms with Crippen LogP contribution in [0.5, 0.6) is 0 Å². The summed E-state index contributed by atoms with van der Waals surface area (Å²) in [6, 6.07) is 0.626. The third-order valence-corrected chi connectivity index (χ3v) is 4.26. The van der Waals surface area contributed by atoms with Crippen LogP contribution >= 0.6 is 0 Å². The molecule has 0 radical (unpaired) electrons. The Labute approximate surface area is 105 Å². The molecule has 0 bridgehead atoms. The third-order valence-electron chi connectivity index (χ3n) is 4.26. The monoisotopic (exact) mass is 238 g/mol. The quantitative estimate of drug-likeness (QED) is 0.744. The van der Waals surface area contributed by atoms with Crippen LogP contribution in [0.2, 0.25) is 0 Å². The van der Waals surface area contributed by atoms with Gasteiger partial charge >= 0.3 is 0 Å². The molecule has 17 heavy (non-hydrogen) atoms. The molecule has 0 aromatic rings. The van der Waals surface area contributed by atoms with Crippen molar-refractivity contribution in [1.29, 1.82) is 0 Å². The van der Waals surface area contributed by atoms with E-state index in [0.29, 0.717) is 12.6 Å². The molecule has 3 nitrogen and oxygen atoms in total. The van der Waals surface area contributed by atoms with Gasteiger partial charge < -0.3 is 10.6 Å². The van der Waals surface area contributed by atoms with Crippen LogP contribution in [0, 0.1) is 11.8 Å². The van der Waals surface area contributed by atoms with Crippen LogP contribution in [-0.2, 0) is 4.79 Å². The highest BCUT2D eigenvalue weighted by Gasteiger charge is 2.22. The second kappa shape index (κ2) is 6.39. The first kappa shape index (κ1) is 12.9. The lowest BCUT2D eigenvalue weighted by Crippen LogP contribution is -2.38. The van der Waals surface area contributed by atoms with E-state index in [2.05, 4.69) is 17.6 Å². The predicted molar refractivity (Wildman–Crippen MR) is 69.8 cm³/mol. The van der Waals surface area contributed by atoms with Crippen molar-refractivity contribution in [2.24, 2.45) is 11.8 Å². The third kappa shape index (κ3) is 4.66. The average molecular weight is 238 g/mol. The van der Waals surface area contributed by atoms with Gasteiger partial charge in [-0.3, -0.25) is 4.79 Å². The minimum Gasteiger partial charge on any atom is -0.355 e. The van der Waals surface area contributed by atoms with Crippen molar-refractivity contribution in [2.75, 3.05) is 13.1 Å². The van der Waals surface area contributed by atoms with Crippen LogP contribution in [-0.4, -0.2) is 25.0 Å². The lowest BCUT2D eigenvalue weighted by molar-refractivity contribution is -0.120. The highest BCUT2D eigenvalue weighted by atomic mass is 16.1. The Morgan fingerprint density at radius 2 is 1.71 bits per heavy atom. The molecule has 0 unspecified atom stereocenters. The van der Waals surface area contributed by atoms with Crippen molar-refractivity contribution in [3.8, 4) is 0 Å². The van der Waals surface area contributed by atoms with Gasteiger partial charge in [0, 0.05) is 12.6 Å². The summed E-state index contributed by atoms with van der Waals surface area (Å²) in [5.41, 5.74) is 0. The number of amides is 1. The maximum atomic E-state index is 11.6. The Morgan fingerprint density at radius 1 is 1.06 bits per heavy atom. The zero-order chi connectivity index (χ0) is 12.1. The van der Waals surface area contributed by atoms with Gasteiger partial charge in [0.15, 0.2) is 0 Å². The molecule has 0 spiro atoms. The molecule has 0 atom stereocenters. The van der Waals surface area contributed by atoms with Crippen molar-refractivity contribution >= 4 is 5.91 Å². The molecule has 2 saturated carbocycles. The standard InChI is InChI=1S/C14H26N2O/c1-2-11-3-5-12(6-4-11)9-16-14(17)10-15-13-7-8-13/h11-13,15H,2-10H2,1H3,(H,16,17). The lowest BCUT2D eigenvalue weighted by Gasteiger charge is -2.27. The fourth-order valence-electron chi connectivity index (χ4n) is 2.69. The van der Waals surface area contributed by atoms with Crippen molar-refractivity contribution < 1.29 is 4.79 Å². The van der Waals surface area contributed by atoms with Crippen LogP contribution in [0.3, 0.4) is 0 Å². The van der Waals surface area contributed by atoms with Gasteiger partial charge in [0.1, 0.15) is 0 Å². The van der Waals surface area contributed by atoms with E-state index < -0.39 is 0 Å². The van der Waals surface area contributed by atoms with Crippen LogP contribution < -0.4 is 10.6 Å². The van der Waals surface area contributed by atoms with Crippen LogP contribution in [0.15, 0.2) is 0 Å². The largest absolute Gasteiger partial charge is 0.355 e. The van der Waals surface area contributed by atoms with Gasteiger partial charge in [-0.1, -0.05) is 26.2 Å². The summed E-state index contributed by atoms with van der Waals surface area (Å²) in [4.78, 5) is 11.6. The van der Waals surface area contributed by atoms with E-state index >= 15 is 0 Å². The van der Waals surface area contributed by atoms with Gasteiger partial charge in [-0.05, 0) is 37.5 Å². The van der Waals surface area contributed by atoms with Crippen molar-refractivity contribution in [2.45, 2.75) is 57.9 Å². The Morgan fingerprint density at radius 3 is 2.29 bits per heavy atom. The van der Waals surface area contributed by atoms with E-state index in [-0.39, 0.29) is 5.91 Å². The molecule has 0 saturated heterocycles. The molecular formula is C14H26N2O. The molecule has 0 aromatic carbocycles. The Kier molecular flexibility index (Phi) is 4.84. The van der Waals surface area contributed by atoms with Gasteiger partial charge in [-0.2, -0.15) is 0 Å². The first-order valence-electron chi connectivity index (χ1n) is 7.28. The summed E-state index contributed by atoms with van der Waals surface area (Å²) in [7, 11) is 0. The summed E-state index contributed by atoms with van der Waals surface area (Å²) in [5, 5.41) is 6.32. The van der Waals surface area contributed by atoms with Crippen LogP contribution in [0.1, 0.15) is 51.9 Å². The zero-order valence-corrected chi connectivity index (χ0v) is 11.0. The summed E-state index contributed by atoms with van der Waals surface area (Å²) in [6.07, 6.45) is 9.13. The van der Waals surface area contributed by atoms with Gasteiger partial charge in [-0.15, -0.1) is 0 Å². The van der Waals surface area contributed by atoms with Crippen molar-refractivity contribution in [3.63, 3.8) is 0 Å². The minimum absolute atomic E-state index is 0.175. The number of rotatable bonds is 6. The second-order valence-electron chi connectivity index (χ2n) is 5.75. The Balaban J connectivity index is 1.53. The fourth-order valence-corrected chi connectivity index (χ4v) is 2.69. The lowest BCUT2D eigenvalue weighted by atomic mass is 9.81. The summed E-state index contributed by atoms with van der Waals surface area (Å²) in [5.74, 6) is 1.84. The van der Waals surface area contributed by atoms with E-state index in [4.69, 9.17) is 0 Å². The van der Waals surface area contributed by atoms with Crippen LogP contribution in [0.25, 0.3) is 0 Å². The van der Waals surface area contributed by atoms with E-state index in [1.807, 2.05) is 0 Å². The van der Waals surface area contributed by atoms with Gasteiger partial charge in [0.25, 0.3) is 0 Å². The molecule has 0 aliphatic heterocycles. The van der Waals surface area contributed by atoms with Gasteiger partial charge in [-0.25, -0.2) is 0 Å². The normalized spacial score (nSPS) is 29.0. The topological polar surface area (TPSA) is 41.1 Å². The number of nitrogens with one attached hydrogen (secondary N) is 2. The number of carbonyl (C=O) groups excluding carboxylic acids is 1. The SMILES string of the molecule is CCC1CCC(CNC(=O)CNC2CC2)CC1. The van der Waals surface area contributed by atoms with Crippen molar-refractivity contribution in [1.82, 2.24) is 10.6 Å². The second-order valence-corrected chi connectivity index (χ2v) is 5.75. The van der Waals surface area contributed by atoms with E-state index in [1.165, 1.54) is 44.9 Å². The smallest absolute Gasteiger partial charge is 0.233 e. The predicted octanol–water partition coefficient (Wildman–Crippen LogP) is 2.07. The maximum Gasteiger partial charge on any atom is 0.233 e. The highest BCUT2D eigenvalue weighted by Crippen LogP contribution is 2.30. The Bertz CT molecular complexity index is 243. The molecule has 2 rings (SSSR count). The summed E-state index contributed by atoms with van der Waals surface area (Å²) < 4.78 is 0. The zero-order valence-electron chi connectivity index (χ0n) is 11.0. The van der Waals surface area contributed by atoms with Crippen LogP contribution in [0.4, 0.5) is 0 Å². The number of carbonyl (C=O) groups is 1. The van der Waals surface area contributed by atoms with Gasteiger partial charge in [0.05, 0.1) is 6.54 Å². The molecule has 98 valence electrons. The van der Waals surface area contributed by atoms with E-state index in [0.717, 1.165) is 18.4 Å². The number of hydrogen-bond acceptors (Lipinski definition) is 2. The molecule has 0 heterocycles. The minimum atomic E-state index is 0.175. The molecule has 0 aromatic heterocycles. The number of hydrogen-bond donors (Lipinski definition) is 2. The summed E-state index contributed by atoms with van der Waals surface area (Å²) >= 11 is 0. The van der Waals surface area contributed by atoms with Gasteiger partial charge in [0.2, 0.25) is 5.91 Å². The molecule has 1 amide bonds. The fraction of sp³-hybridized carbons (Fsp3) is 0.929. The van der Waals surface area contributed by atoms with E-state index in [9.17, 15) is 4.79 Å². The molecular weight excluding hydrogens is 212 g/mol. The van der Waals surface area contributed by atoms with E-state index in [1.54, 1.807) is 0 Å². The Hall–Kier alpha value is -0.570. The maximum absolute atomic E-state index is 11.6. The summed E-state index contributed by atoms with van der Waals surface area (Å²) in [6.45, 7) is 3.69. The highest BCUT2D eigenvalue weighted by molar-refractivity contribution is 5.78.